The molecule has 2 heterocycles. The van der Waals surface area contributed by atoms with Crippen LogP contribution in [0.1, 0.15) is 37.7 Å². The summed E-state index contributed by atoms with van der Waals surface area (Å²) in [6, 6.07) is 7.08. The van der Waals surface area contributed by atoms with Crippen LogP contribution in [-0.2, 0) is 9.59 Å². The van der Waals surface area contributed by atoms with Crippen LogP contribution in [0.25, 0.3) is 0 Å². The van der Waals surface area contributed by atoms with Crippen LogP contribution in [0, 0.1) is 18.4 Å². The van der Waals surface area contributed by atoms with Gasteiger partial charge in [-0.3, -0.25) is 14.9 Å². The van der Waals surface area contributed by atoms with Gasteiger partial charge in [0.25, 0.3) is 0 Å². The van der Waals surface area contributed by atoms with Gasteiger partial charge >= 0.3 is 0 Å². The first kappa shape index (κ1) is 20.6. The Labute approximate surface area is 171 Å². The van der Waals surface area contributed by atoms with Gasteiger partial charge in [-0.1, -0.05) is 12.1 Å². The average Bonchev–Trinajstić information content (AvgIpc) is 3.18. The number of hydrogen-bond donors (Lipinski definition) is 2. The van der Waals surface area contributed by atoms with Crippen LogP contribution >= 0.6 is 0 Å². The molecule has 2 aliphatic heterocycles. The molecular weight excluding hydrogens is 368 g/mol. The number of aryl methyl sites for hydroxylation is 1. The molecule has 0 spiro atoms. The van der Waals surface area contributed by atoms with Gasteiger partial charge in [-0.2, -0.15) is 5.26 Å². The molecule has 8 nitrogen and oxygen atoms in total. The van der Waals surface area contributed by atoms with Crippen molar-refractivity contribution >= 4 is 23.5 Å². The molecule has 8 heteroatoms. The molecule has 1 aromatic rings. The zero-order chi connectivity index (χ0) is 20.6. The number of nitriles is 1. The molecule has 2 saturated heterocycles. The lowest BCUT2D eigenvalue weighted by atomic mass is 10.1. The van der Waals surface area contributed by atoms with E-state index in [0.29, 0.717) is 13.0 Å². The number of aliphatic imine (C=N–C) groups is 1. The van der Waals surface area contributed by atoms with Crippen molar-refractivity contribution in [2.75, 3.05) is 31.5 Å². The molecule has 2 N–H and O–H groups in total. The molecule has 1 atom stereocenters. The number of carbonyl (C=O) groups is 2. The zero-order valence-corrected chi connectivity index (χ0v) is 16.9. The van der Waals surface area contributed by atoms with Crippen molar-refractivity contribution in [1.29, 1.82) is 5.26 Å². The van der Waals surface area contributed by atoms with Crippen LogP contribution in [0.15, 0.2) is 29.3 Å². The molecule has 154 valence electrons. The second-order valence-corrected chi connectivity index (χ2v) is 7.57. The van der Waals surface area contributed by atoms with Gasteiger partial charge in [-0.05, 0) is 56.7 Å². The highest BCUT2D eigenvalue weighted by Crippen LogP contribution is 2.17. The summed E-state index contributed by atoms with van der Waals surface area (Å²) in [5, 5.41) is 14.7. The molecule has 29 heavy (non-hydrogen) atoms. The van der Waals surface area contributed by atoms with E-state index in [1.165, 1.54) is 0 Å². The predicted octanol–water partition coefficient (Wildman–Crippen LogP) is 1.84. The van der Waals surface area contributed by atoms with Crippen molar-refractivity contribution in [3.63, 3.8) is 0 Å². The number of rotatable bonds is 4. The van der Waals surface area contributed by atoms with Gasteiger partial charge in [-0.25, -0.2) is 4.99 Å². The number of benzene rings is 1. The normalized spacial score (nSPS) is 20.2. The van der Waals surface area contributed by atoms with E-state index in [0.717, 1.165) is 50.0 Å². The molecule has 2 aliphatic rings. The molecule has 0 aromatic heterocycles. The second-order valence-electron chi connectivity index (χ2n) is 7.57. The van der Waals surface area contributed by atoms with E-state index in [1.54, 1.807) is 4.90 Å². The van der Waals surface area contributed by atoms with Gasteiger partial charge in [0.1, 0.15) is 6.04 Å². The Kier molecular flexibility index (Phi) is 7.06. The Morgan fingerprint density at radius 1 is 1.24 bits per heavy atom. The summed E-state index contributed by atoms with van der Waals surface area (Å²) >= 11 is 0. The highest BCUT2D eigenvalue weighted by Gasteiger charge is 2.30. The monoisotopic (exact) mass is 396 g/mol. The lowest BCUT2D eigenvalue weighted by Crippen LogP contribution is -2.45. The minimum Gasteiger partial charge on any atom is -0.341 e. The Morgan fingerprint density at radius 2 is 2.00 bits per heavy atom. The first-order chi connectivity index (χ1) is 14.1. The van der Waals surface area contributed by atoms with Gasteiger partial charge in [0.2, 0.25) is 17.8 Å². The largest absolute Gasteiger partial charge is 0.341 e. The third-order valence-corrected chi connectivity index (χ3v) is 5.28. The maximum absolute atomic E-state index is 13.1. The Bertz CT molecular complexity index is 810. The number of anilines is 1. The fourth-order valence-electron chi connectivity index (χ4n) is 3.76. The molecule has 2 fully saturated rings. The van der Waals surface area contributed by atoms with Crippen LogP contribution in [0.2, 0.25) is 0 Å². The summed E-state index contributed by atoms with van der Waals surface area (Å²) in [7, 11) is 0. The van der Waals surface area contributed by atoms with E-state index in [9.17, 15) is 9.59 Å². The highest BCUT2D eigenvalue weighted by molar-refractivity contribution is 5.97. The summed E-state index contributed by atoms with van der Waals surface area (Å²) in [5.74, 6) is 0.0937. The SMILES string of the molecule is Cc1cccc(NC(=NC2CCCCN(CC(=O)N3CCCC3)C2=O)NC#N)c1. The minimum atomic E-state index is -0.614. The van der Waals surface area contributed by atoms with Crippen LogP contribution in [0.3, 0.4) is 0 Å². The number of likely N-dealkylation sites (tertiary alicyclic amines) is 2. The zero-order valence-electron chi connectivity index (χ0n) is 16.9. The molecule has 3 rings (SSSR count). The number of hydrogen-bond acceptors (Lipinski definition) is 4. The average molecular weight is 396 g/mol. The molecule has 0 bridgehead atoms. The summed E-state index contributed by atoms with van der Waals surface area (Å²) in [6.07, 6.45) is 6.22. The molecule has 1 aromatic carbocycles. The van der Waals surface area contributed by atoms with Crippen molar-refractivity contribution in [2.24, 2.45) is 4.99 Å². The standard InChI is InChI=1S/C21H28N6O2/c1-16-7-6-8-17(13-16)24-21(23-15-22)25-18-9-2-3-12-27(20(18)29)14-19(28)26-10-4-5-11-26/h6-8,13,18H,2-5,9-12,14H2,1H3,(H2,23,24,25). The fraction of sp³-hybridized carbons (Fsp3) is 0.524. The predicted molar refractivity (Wildman–Crippen MR) is 111 cm³/mol. The maximum atomic E-state index is 13.1. The Balaban J connectivity index is 1.72. The molecule has 1 unspecified atom stereocenters. The second kappa shape index (κ2) is 9.92. The van der Waals surface area contributed by atoms with Crippen LogP contribution in [-0.4, -0.2) is 59.8 Å². The first-order valence-electron chi connectivity index (χ1n) is 10.2. The van der Waals surface area contributed by atoms with Crippen LogP contribution in [0.4, 0.5) is 5.69 Å². The topological polar surface area (TPSA) is 101 Å². The molecule has 0 radical (unpaired) electrons. The van der Waals surface area contributed by atoms with E-state index < -0.39 is 6.04 Å². The van der Waals surface area contributed by atoms with E-state index >= 15 is 0 Å². The fourth-order valence-corrected chi connectivity index (χ4v) is 3.76. The highest BCUT2D eigenvalue weighted by atomic mass is 16.2. The van der Waals surface area contributed by atoms with E-state index in [2.05, 4.69) is 15.6 Å². The third-order valence-electron chi connectivity index (χ3n) is 5.28. The van der Waals surface area contributed by atoms with E-state index in [-0.39, 0.29) is 24.3 Å². The van der Waals surface area contributed by atoms with Gasteiger partial charge in [0, 0.05) is 25.3 Å². The lowest BCUT2D eigenvalue weighted by Gasteiger charge is -2.25. The maximum Gasteiger partial charge on any atom is 0.247 e. The van der Waals surface area contributed by atoms with Crippen molar-refractivity contribution in [3.05, 3.63) is 29.8 Å². The summed E-state index contributed by atoms with van der Waals surface area (Å²) in [5.41, 5.74) is 1.86. The minimum absolute atomic E-state index is 0.00809. The van der Waals surface area contributed by atoms with E-state index in [1.807, 2.05) is 42.3 Å². The van der Waals surface area contributed by atoms with Gasteiger partial charge in [0.05, 0.1) is 6.54 Å². The number of amides is 2. The summed E-state index contributed by atoms with van der Waals surface area (Å²) in [6.45, 7) is 4.20. The van der Waals surface area contributed by atoms with Crippen LogP contribution < -0.4 is 10.6 Å². The Hall–Kier alpha value is -3.08. The van der Waals surface area contributed by atoms with Crippen molar-refractivity contribution in [1.82, 2.24) is 15.1 Å². The quantitative estimate of drug-likeness (QED) is 0.350. The van der Waals surface area contributed by atoms with Crippen molar-refractivity contribution in [3.8, 4) is 6.19 Å². The van der Waals surface area contributed by atoms with Crippen molar-refractivity contribution < 1.29 is 9.59 Å². The number of nitrogens with one attached hydrogen (secondary N) is 2. The number of carbonyl (C=O) groups excluding carboxylic acids is 2. The molecule has 0 aliphatic carbocycles. The molecule has 0 saturated carbocycles. The lowest BCUT2D eigenvalue weighted by molar-refractivity contribution is -0.140. The summed E-state index contributed by atoms with van der Waals surface area (Å²) < 4.78 is 0. The van der Waals surface area contributed by atoms with Crippen molar-refractivity contribution in [2.45, 2.75) is 45.1 Å². The molecule has 2 amide bonds. The number of nitrogens with zero attached hydrogens (tertiary/aromatic N) is 4. The van der Waals surface area contributed by atoms with Gasteiger partial charge in [0.15, 0.2) is 6.19 Å². The van der Waals surface area contributed by atoms with Gasteiger partial charge < -0.3 is 15.1 Å². The first-order valence-corrected chi connectivity index (χ1v) is 10.2. The molecular formula is C21H28N6O2. The summed E-state index contributed by atoms with van der Waals surface area (Å²) in [4.78, 5) is 33.5. The van der Waals surface area contributed by atoms with Gasteiger partial charge in [-0.15, -0.1) is 0 Å². The number of guanidine groups is 1. The third kappa shape index (κ3) is 5.70. The smallest absolute Gasteiger partial charge is 0.247 e. The van der Waals surface area contributed by atoms with E-state index in [4.69, 9.17) is 5.26 Å². The Morgan fingerprint density at radius 3 is 2.72 bits per heavy atom. The van der Waals surface area contributed by atoms with Crippen LogP contribution in [0.5, 0.6) is 0 Å².